The summed E-state index contributed by atoms with van der Waals surface area (Å²) in [5.74, 6) is 1.21. The van der Waals surface area contributed by atoms with Crippen LogP contribution in [0.2, 0.25) is 0 Å². The topological polar surface area (TPSA) is 53.6 Å². The zero-order valence-electron chi connectivity index (χ0n) is 18.3. The molecule has 30 heavy (non-hydrogen) atoms. The largest absolute Gasteiger partial charge is 0.378 e. The van der Waals surface area contributed by atoms with Crippen LogP contribution in [0.3, 0.4) is 0 Å². The minimum atomic E-state index is 0.712. The standard InChI is InChI=1S/C25H32N4O/c1-3-4-5-6-7-8-11-20-19(2)21(18-26)24-27-22-12-9-10-13-23(22)29(24)25(20)28-14-16-30-17-15-28/h9-10,12-13H,3-8,11,14-17H2,1-2H3. The number of unbranched alkanes of at least 4 members (excludes halogenated alkanes) is 5. The van der Waals surface area contributed by atoms with Crippen molar-refractivity contribution in [2.24, 2.45) is 0 Å². The molecule has 1 saturated heterocycles. The van der Waals surface area contributed by atoms with Gasteiger partial charge in [-0.05, 0) is 43.0 Å². The predicted molar refractivity (Wildman–Crippen MR) is 122 cm³/mol. The van der Waals surface area contributed by atoms with Crippen molar-refractivity contribution in [3.8, 4) is 6.07 Å². The van der Waals surface area contributed by atoms with Gasteiger partial charge >= 0.3 is 0 Å². The Hall–Kier alpha value is -2.58. The van der Waals surface area contributed by atoms with Crippen molar-refractivity contribution in [2.45, 2.75) is 58.8 Å². The molecule has 5 heteroatoms. The van der Waals surface area contributed by atoms with E-state index in [1.165, 1.54) is 43.5 Å². The summed E-state index contributed by atoms with van der Waals surface area (Å²) in [6.45, 7) is 7.58. The number of nitrogens with zero attached hydrogens (tertiary/aromatic N) is 4. The van der Waals surface area contributed by atoms with E-state index in [0.29, 0.717) is 5.56 Å². The first-order chi connectivity index (χ1) is 14.8. The first kappa shape index (κ1) is 20.7. The first-order valence-corrected chi connectivity index (χ1v) is 11.4. The van der Waals surface area contributed by atoms with Crippen LogP contribution in [0.4, 0.5) is 5.82 Å². The van der Waals surface area contributed by atoms with E-state index in [-0.39, 0.29) is 0 Å². The van der Waals surface area contributed by atoms with Gasteiger partial charge in [-0.1, -0.05) is 51.2 Å². The molecule has 3 heterocycles. The van der Waals surface area contributed by atoms with Gasteiger partial charge in [-0.15, -0.1) is 0 Å². The Balaban J connectivity index is 1.82. The highest BCUT2D eigenvalue weighted by molar-refractivity contribution is 5.86. The molecule has 0 amide bonds. The molecule has 2 aromatic heterocycles. The molecule has 1 fully saturated rings. The number of aromatic nitrogens is 2. The third-order valence-corrected chi connectivity index (χ3v) is 6.30. The third kappa shape index (κ3) is 3.89. The highest BCUT2D eigenvalue weighted by Gasteiger charge is 2.25. The molecule has 0 N–H and O–H groups in total. The normalized spacial score (nSPS) is 14.5. The number of pyridine rings is 1. The fourth-order valence-corrected chi connectivity index (χ4v) is 4.65. The van der Waals surface area contributed by atoms with Gasteiger partial charge in [0.15, 0.2) is 5.65 Å². The minimum absolute atomic E-state index is 0.712. The van der Waals surface area contributed by atoms with E-state index in [0.717, 1.165) is 61.4 Å². The summed E-state index contributed by atoms with van der Waals surface area (Å²) >= 11 is 0. The van der Waals surface area contributed by atoms with Gasteiger partial charge in [0.25, 0.3) is 0 Å². The summed E-state index contributed by atoms with van der Waals surface area (Å²) in [5, 5.41) is 10.00. The smallest absolute Gasteiger partial charge is 0.157 e. The van der Waals surface area contributed by atoms with E-state index in [4.69, 9.17) is 9.72 Å². The quantitative estimate of drug-likeness (QED) is 0.471. The lowest BCUT2D eigenvalue weighted by atomic mass is 9.98. The zero-order valence-corrected chi connectivity index (χ0v) is 18.3. The molecule has 158 valence electrons. The average Bonchev–Trinajstić information content (AvgIpc) is 3.16. The number of benzene rings is 1. The number of para-hydroxylation sites is 2. The summed E-state index contributed by atoms with van der Waals surface area (Å²) in [7, 11) is 0. The van der Waals surface area contributed by atoms with Gasteiger partial charge in [-0.3, -0.25) is 4.40 Å². The summed E-state index contributed by atoms with van der Waals surface area (Å²) < 4.78 is 7.87. The van der Waals surface area contributed by atoms with Gasteiger partial charge in [0.2, 0.25) is 0 Å². The lowest BCUT2D eigenvalue weighted by molar-refractivity contribution is 0.122. The summed E-state index contributed by atoms with van der Waals surface area (Å²) in [6.07, 6.45) is 8.61. The van der Waals surface area contributed by atoms with Crippen molar-refractivity contribution in [3.63, 3.8) is 0 Å². The summed E-state index contributed by atoms with van der Waals surface area (Å²) in [6, 6.07) is 10.7. The van der Waals surface area contributed by atoms with E-state index >= 15 is 0 Å². The molecule has 0 bridgehead atoms. The lowest BCUT2D eigenvalue weighted by Crippen LogP contribution is -2.38. The van der Waals surface area contributed by atoms with Crippen LogP contribution in [0.5, 0.6) is 0 Å². The van der Waals surface area contributed by atoms with Crippen molar-refractivity contribution in [3.05, 3.63) is 41.0 Å². The Kier molecular flexibility index (Phi) is 6.54. The Labute approximate surface area is 179 Å². The monoisotopic (exact) mass is 404 g/mol. The number of rotatable bonds is 8. The molecule has 3 aromatic rings. The van der Waals surface area contributed by atoms with E-state index in [1.807, 2.05) is 12.1 Å². The fraction of sp³-hybridized carbons (Fsp3) is 0.520. The highest BCUT2D eigenvalue weighted by Crippen LogP contribution is 2.34. The molecule has 0 radical (unpaired) electrons. The van der Waals surface area contributed by atoms with Gasteiger partial charge in [0, 0.05) is 13.1 Å². The van der Waals surface area contributed by atoms with E-state index in [9.17, 15) is 5.26 Å². The maximum atomic E-state index is 10.00. The SMILES string of the molecule is CCCCCCCCc1c(C)c(C#N)c2nc3ccccc3n2c1N1CCOCC1. The van der Waals surface area contributed by atoms with Gasteiger partial charge in [0.05, 0.1) is 29.8 Å². The highest BCUT2D eigenvalue weighted by atomic mass is 16.5. The Morgan fingerprint density at radius 1 is 1.07 bits per heavy atom. The minimum Gasteiger partial charge on any atom is -0.378 e. The van der Waals surface area contributed by atoms with Crippen molar-refractivity contribution in [1.82, 2.24) is 9.38 Å². The van der Waals surface area contributed by atoms with Crippen LogP contribution in [-0.4, -0.2) is 35.7 Å². The number of imidazole rings is 1. The lowest BCUT2D eigenvalue weighted by Gasteiger charge is -2.32. The first-order valence-electron chi connectivity index (χ1n) is 11.4. The Bertz CT molecular complexity index is 1060. The Morgan fingerprint density at radius 2 is 1.80 bits per heavy atom. The third-order valence-electron chi connectivity index (χ3n) is 6.30. The summed E-state index contributed by atoms with van der Waals surface area (Å²) in [5.41, 5.74) is 5.91. The van der Waals surface area contributed by atoms with Crippen molar-refractivity contribution in [2.75, 3.05) is 31.2 Å². The molecule has 5 nitrogen and oxygen atoms in total. The number of hydrogen-bond acceptors (Lipinski definition) is 4. The van der Waals surface area contributed by atoms with Crippen molar-refractivity contribution >= 4 is 22.5 Å². The molecule has 0 aliphatic carbocycles. The maximum absolute atomic E-state index is 10.00. The number of nitriles is 1. The van der Waals surface area contributed by atoms with Gasteiger partial charge < -0.3 is 9.64 Å². The Morgan fingerprint density at radius 3 is 2.57 bits per heavy atom. The fourth-order valence-electron chi connectivity index (χ4n) is 4.65. The van der Waals surface area contributed by atoms with Crippen LogP contribution in [0.1, 0.15) is 62.1 Å². The molecule has 0 spiro atoms. The molecule has 4 rings (SSSR count). The zero-order chi connectivity index (χ0) is 20.9. The molecule has 0 unspecified atom stereocenters. The predicted octanol–water partition coefficient (Wildman–Crippen LogP) is 5.41. The second-order valence-electron chi connectivity index (χ2n) is 8.29. The molecular formula is C25H32N4O. The number of fused-ring (bicyclic) bond motifs is 3. The van der Waals surface area contributed by atoms with Crippen LogP contribution in [0, 0.1) is 18.3 Å². The second-order valence-corrected chi connectivity index (χ2v) is 8.29. The second kappa shape index (κ2) is 9.49. The van der Waals surface area contributed by atoms with Gasteiger partial charge in [-0.25, -0.2) is 4.98 Å². The van der Waals surface area contributed by atoms with Crippen LogP contribution >= 0.6 is 0 Å². The van der Waals surface area contributed by atoms with Crippen molar-refractivity contribution < 1.29 is 4.74 Å². The number of ether oxygens (including phenoxy) is 1. The molecular weight excluding hydrogens is 372 g/mol. The molecule has 0 saturated carbocycles. The van der Waals surface area contributed by atoms with Gasteiger partial charge in [0.1, 0.15) is 11.9 Å². The van der Waals surface area contributed by atoms with Crippen LogP contribution in [0.25, 0.3) is 16.7 Å². The van der Waals surface area contributed by atoms with Gasteiger partial charge in [-0.2, -0.15) is 5.26 Å². The van der Waals surface area contributed by atoms with Crippen molar-refractivity contribution in [1.29, 1.82) is 5.26 Å². The average molecular weight is 405 g/mol. The van der Waals surface area contributed by atoms with Crippen LogP contribution in [0.15, 0.2) is 24.3 Å². The number of hydrogen-bond donors (Lipinski definition) is 0. The van der Waals surface area contributed by atoms with E-state index in [2.05, 4.69) is 41.4 Å². The summed E-state index contributed by atoms with van der Waals surface area (Å²) in [4.78, 5) is 7.29. The van der Waals surface area contributed by atoms with Crippen LogP contribution < -0.4 is 4.90 Å². The van der Waals surface area contributed by atoms with E-state index in [1.54, 1.807) is 0 Å². The maximum Gasteiger partial charge on any atom is 0.157 e. The molecule has 0 atom stereocenters. The molecule has 1 aliphatic heterocycles. The number of morpholine rings is 1. The number of anilines is 1. The molecule has 1 aromatic carbocycles. The molecule has 1 aliphatic rings. The van der Waals surface area contributed by atoms with Crippen LogP contribution in [-0.2, 0) is 11.2 Å². The van der Waals surface area contributed by atoms with E-state index < -0.39 is 0 Å².